The van der Waals surface area contributed by atoms with E-state index in [2.05, 4.69) is 0 Å². The van der Waals surface area contributed by atoms with Crippen molar-refractivity contribution in [2.45, 2.75) is 51.9 Å². The summed E-state index contributed by atoms with van der Waals surface area (Å²) in [6.45, 7) is 10.9. The van der Waals surface area contributed by atoms with E-state index in [0.29, 0.717) is 20.0 Å². The summed E-state index contributed by atoms with van der Waals surface area (Å²) in [6.07, 6.45) is 0. The number of carbonyl (C=O) groups is 2. The van der Waals surface area contributed by atoms with Crippen LogP contribution in [-0.4, -0.2) is 37.7 Å². The quantitative estimate of drug-likeness (QED) is 0.0938. The molecule has 0 unspecified atom stereocenters. The molecule has 0 N–H and O–H groups in total. The molecule has 0 radical (unpaired) electrons. The van der Waals surface area contributed by atoms with Crippen LogP contribution in [0.2, 0.25) is 0 Å². The van der Waals surface area contributed by atoms with Gasteiger partial charge in [-0.1, -0.05) is 59.5 Å². The van der Waals surface area contributed by atoms with Crippen LogP contribution in [0.25, 0.3) is 21.7 Å². The number of benzene rings is 2. The molecule has 0 aliphatic heterocycles. The molecule has 0 aliphatic carbocycles. The van der Waals surface area contributed by atoms with Gasteiger partial charge in [0.25, 0.3) is 5.56 Å². The fourth-order valence-corrected chi connectivity index (χ4v) is 6.58. The molecule has 0 bridgehead atoms. The van der Waals surface area contributed by atoms with Gasteiger partial charge in [0, 0.05) is 0 Å². The third-order valence-corrected chi connectivity index (χ3v) is 8.59. The number of aromatic nitrogens is 3. The molecule has 0 aliphatic rings. The number of Topliss-reactive ketones (excluding diaryl/α,β-unsaturated/α-hetero) is 1. The SMILES string of the molecule is CCOC(=O)[C@H](Sc1nc2c(sc(=S)n2-c2c(C)cccc2C)c(=O)n1-c1c(C)cccc1C)C(C)=O. The number of thiazole rings is 1. The summed E-state index contributed by atoms with van der Waals surface area (Å²) in [4.78, 5) is 44.3. The highest BCUT2D eigenvalue weighted by molar-refractivity contribution is 8.01. The number of nitrogens with zero attached hydrogens (tertiary/aromatic N) is 3. The van der Waals surface area contributed by atoms with E-state index >= 15 is 0 Å². The van der Waals surface area contributed by atoms with Gasteiger partial charge in [-0.2, -0.15) is 0 Å². The fraction of sp³-hybridized carbons (Fsp3) is 0.296. The van der Waals surface area contributed by atoms with Crippen LogP contribution in [0, 0.1) is 31.6 Å². The van der Waals surface area contributed by atoms with Crippen LogP contribution in [-0.2, 0) is 14.3 Å². The third kappa shape index (κ3) is 4.93. The first-order valence-electron chi connectivity index (χ1n) is 11.7. The molecular formula is C27H27N3O4S3. The van der Waals surface area contributed by atoms with Gasteiger partial charge in [0.2, 0.25) is 0 Å². The van der Waals surface area contributed by atoms with Gasteiger partial charge in [-0.3, -0.25) is 23.5 Å². The molecule has 4 rings (SSSR count). The van der Waals surface area contributed by atoms with Crippen molar-refractivity contribution in [3.05, 3.63) is 73.0 Å². The summed E-state index contributed by atoms with van der Waals surface area (Å²) in [5, 5.41) is -0.953. The molecule has 2 aromatic heterocycles. The van der Waals surface area contributed by atoms with Crippen molar-refractivity contribution < 1.29 is 14.3 Å². The molecule has 0 fully saturated rings. The van der Waals surface area contributed by atoms with Crippen molar-refractivity contribution >= 4 is 57.4 Å². The zero-order chi connectivity index (χ0) is 27.0. The first kappa shape index (κ1) is 27.0. The third-order valence-electron chi connectivity index (χ3n) is 6.00. The van der Waals surface area contributed by atoms with Gasteiger partial charge in [0.05, 0.1) is 18.0 Å². The summed E-state index contributed by atoms with van der Waals surface area (Å²) < 4.78 is 9.35. The number of esters is 1. The molecule has 7 nitrogen and oxygen atoms in total. The van der Waals surface area contributed by atoms with Gasteiger partial charge in [-0.15, -0.1) is 0 Å². The van der Waals surface area contributed by atoms with E-state index in [4.69, 9.17) is 21.9 Å². The fourth-order valence-electron chi connectivity index (χ4n) is 4.35. The van der Waals surface area contributed by atoms with Crippen LogP contribution < -0.4 is 5.56 Å². The van der Waals surface area contributed by atoms with Gasteiger partial charge in [0.1, 0.15) is 4.70 Å². The van der Waals surface area contributed by atoms with E-state index in [-0.39, 0.29) is 23.1 Å². The molecule has 10 heteroatoms. The summed E-state index contributed by atoms with van der Waals surface area (Å²) in [7, 11) is 0. The topological polar surface area (TPSA) is 83.2 Å². The van der Waals surface area contributed by atoms with E-state index < -0.39 is 11.2 Å². The minimum absolute atomic E-state index is 0.135. The van der Waals surface area contributed by atoms with Gasteiger partial charge in [-0.05, 0) is 76.0 Å². The van der Waals surface area contributed by atoms with Crippen molar-refractivity contribution in [3.63, 3.8) is 0 Å². The largest absolute Gasteiger partial charge is 0.465 e. The zero-order valence-corrected chi connectivity index (χ0v) is 23.9. The summed E-state index contributed by atoms with van der Waals surface area (Å²) in [5.41, 5.74) is 5.30. The van der Waals surface area contributed by atoms with Crippen LogP contribution in [0.5, 0.6) is 0 Å². The number of carbonyl (C=O) groups excluding carboxylic acids is 2. The molecule has 0 spiro atoms. The number of fused-ring (bicyclic) bond motifs is 1. The summed E-state index contributed by atoms with van der Waals surface area (Å²) in [6, 6.07) is 11.7. The van der Waals surface area contributed by atoms with Crippen LogP contribution in [0.4, 0.5) is 0 Å². The van der Waals surface area contributed by atoms with Crippen LogP contribution >= 0.6 is 35.3 Å². The van der Waals surface area contributed by atoms with Crippen LogP contribution in [0.15, 0.2) is 46.3 Å². The number of para-hydroxylation sites is 2. The maximum atomic E-state index is 14.1. The Morgan fingerprint density at radius 1 is 1.00 bits per heavy atom. The number of thioether (sulfide) groups is 1. The Bertz CT molecular complexity index is 1630. The van der Waals surface area contributed by atoms with Gasteiger partial charge < -0.3 is 4.74 Å². The molecule has 0 saturated carbocycles. The molecule has 37 heavy (non-hydrogen) atoms. The highest BCUT2D eigenvalue weighted by Gasteiger charge is 2.30. The van der Waals surface area contributed by atoms with Crippen molar-refractivity contribution in [2.75, 3.05) is 6.61 Å². The van der Waals surface area contributed by atoms with Crippen molar-refractivity contribution in [1.29, 1.82) is 0 Å². The Morgan fingerprint density at radius 2 is 1.51 bits per heavy atom. The smallest absolute Gasteiger partial charge is 0.327 e. The lowest BCUT2D eigenvalue weighted by Crippen LogP contribution is -2.30. The molecule has 1 atom stereocenters. The lowest BCUT2D eigenvalue weighted by atomic mass is 10.1. The first-order chi connectivity index (χ1) is 17.6. The monoisotopic (exact) mass is 553 g/mol. The number of ketones is 1. The van der Waals surface area contributed by atoms with Crippen molar-refractivity contribution in [2.24, 2.45) is 0 Å². The number of ether oxygens (including phenoxy) is 1. The average molecular weight is 554 g/mol. The van der Waals surface area contributed by atoms with Gasteiger partial charge >= 0.3 is 5.97 Å². The molecule has 0 amide bonds. The highest BCUT2D eigenvalue weighted by atomic mass is 32.2. The minimum Gasteiger partial charge on any atom is -0.465 e. The summed E-state index contributed by atoms with van der Waals surface area (Å²) >= 11 is 7.85. The summed E-state index contributed by atoms with van der Waals surface area (Å²) in [5.74, 6) is -1.05. The normalized spacial score (nSPS) is 12.1. The Balaban J connectivity index is 2.11. The maximum absolute atomic E-state index is 14.1. The molecule has 4 aromatic rings. The van der Waals surface area contributed by atoms with Crippen LogP contribution in [0.1, 0.15) is 36.1 Å². The average Bonchev–Trinajstić information content (AvgIpc) is 3.14. The van der Waals surface area contributed by atoms with E-state index in [1.54, 1.807) is 6.92 Å². The van der Waals surface area contributed by atoms with Gasteiger partial charge in [0.15, 0.2) is 25.8 Å². The van der Waals surface area contributed by atoms with E-state index in [9.17, 15) is 14.4 Å². The first-order valence-corrected chi connectivity index (χ1v) is 13.8. The lowest BCUT2D eigenvalue weighted by molar-refractivity contribution is -0.144. The number of hydrogen-bond donors (Lipinski definition) is 0. The Hall–Kier alpha value is -3.08. The maximum Gasteiger partial charge on any atom is 0.327 e. The zero-order valence-electron chi connectivity index (χ0n) is 21.4. The van der Waals surface area contributed by atoms with Gasteiger partial charge in [-0.25, -0.2) is 4.98 Å². The lowest BCUT2D eigenvalue weighted by Gasteiger charge is -2.19. The number of aryl methyl sites for hydroxylation is 4. The number of hydrogen-bond acceptors (Lipinski definition) is 8. The predicted molar refractivity (Wildman–Crippen MR) is 151 cm³/mol. The molecule has 2 aromatic carbocycles. The Kier molecular flexibility index (Phi) is 7.82. The second-order valence-corrected chi connectivity index (χ2v) is 11.4. The Morgan fingerprint density at radius 3 is 2.00 bits per heavy atom. The van der Waals surface area contributed by atoms with Crippen molar-refractivity contribution in [3.8, 4) is 11.4 Å². The molecule has 192 valence electrons. The standard InChI is InChI=1S/C27H27N3O4S3/c1-7-34-25(33)21(18(6)31)36-26-28-23-22(24(32)30(26)20-16(4)12-9-13-17(20)5)37-27(35)29(23)19-14(2)10-8-11-15(19)3/h8-13,21H,7H2,1-6H3/t21-/m1/s1. The van der Waals surface area contributed by atoms with Crippen molar-refractivity contribution in [1.82, 2.24) is 14.1 Å². The Labute approximate surface area is 228 Å². The minimum atomic E-state index is -1.17. The van der Waals surface area contributed by atoms with E-state index in [1.165, 1.54) is 22.8 Å². The molecule has 0 saturated heterocycles. The number of rotatable bonds is 7. The highest BCUT2D eigenvalue weighted by Crippen LogP contribution is 2.33. The predicted octanol–water partition coefficient (Wildman–Crippen LogP) is 5.81. The second-order valence-electron chi connectivity index (χ2n) is 8.73. The second kappa shape index (κ2) is 10.7. The van der Waals surface area contributed by atoms with E-state index in [1.807, 2.05) is 68.7 Å². The van der Waals surface area contributed by atoms with Crippen LogP contribution in [0.3, 0.4) is 0 Å². The molecular weight excluding hydrogens is 527 g/mol. The van der Waals surface area contributed by atoms with E-state index in [0.717, 1.165) is 39.7 Å². The molecule has 2 heterocycles.